The van der Waals surface area contributed by atoms with Gasteiger partial charge in [-0.2, -0.15) is 17.8 Å². The lowest BCUT2D eigenvalue weighted by Crippen LogP contribution is -2.64. The summed E-state index contributed by atoms with van der Waals surface area (Å²) in [5, 5.41) is 9.28. The fourth-order valence-electron chi connectivity index (χ4n) is 4.40. The standard InChI is InChI=1S/C18H20F2N8O2S/c19-17(20)12-2-3-15-22-7-14(28(15)25-12)13-6-16(24-11-23-13)26-8-18(9-26)4-1-5-27(10-18)31(21,29)30/h2-3,6-7,11,17H,1,4-5,8-10H2,(H2,21,29,30). The molecular weight excluding hydrogens is 430 g/mol. The summed E-state index contributed by atoms with van der Waals surface area (Å²) in [5.41, 5.74) is 0.934. The molecule has 0 saturated carbocycles. The number of fused-ring (bicyclic) bond motifs is 1. The third-order valence-electron chi connectivity index (χ3n) is 5.88. The molecule has 2 saturated heterocycles. The highest BCUT2D eigenvalue weighted by molar-refractivity contribution is 7.86. The number of aromatic nitrogens is 5. The maximum absolute atomic E-state index is 13.1. The summed E-state index contributed by atoms with van der Waals surface area (Å²) in [6.07, 6.45) is 1.93. The predicted octanol–water partition coefficient (Wildman–Crippen LogP) is 1.23. The van der Waals surface area contributed by atoms with E-state index in [1.54, 1.807) is 6.07 Å². The number of nitrogens with zero attached hydrogens (tertiary/aromatic N) is 7. The maximum Gasteiger partial charge on any atom is 0.282 e. The molecule has 0 aromatic carbocycles. The molecule has 2 fully saturated rings. The zero-order chi connectivity index (χ0) is 21.8. The third kappa shape index (κ3) is 3.62. The van der Waals surface area contributed by atoms with Crippen LogP contribution in [0, 0.1) is 5.41 Å². The topological polar surface area (TPSA) is 123 Å². The van der Waals surface area contributed by atoms with Gasteiger partial charge in [0.1, 0.15) is 23.5 Å². The molecule has 0 atom stereocenters. The van der Waals surface area contributed by atoms with Crippen molar-refractivity contribution >= 4 is 21.7 Å². The molecule has 0 aliphatic carbocycles. The number of nitrogens with two attached hydrogens (primary N) is 1. The lowest BCUT2D eigenvalue weighted by Gasteiger charge is -2.54. The van der Waals surface area contributed by atoms with Gasteiger partial charge in [-0.05, 0) is 25.0 Å². The van der Waals surface area contributed by atoms with Crippen molar-refractivity contribution in [1.29, 1.82) is 0 Å². The number of rotatable bonds is 4. The molecule has 1 spiro atoms. The molecule has 2 aliphatic heterocycles. The van der Waals surface area contributed by atoms with E-state index in [4.69, 9.17) is 5.14 Å². The SMILES string of the molecule is NS(=O)(=O)N1CCCC2(CN(c3cc(-c4cnc5ccc(C(F)F)nn45)ncn3)C2)C1. The van der Waals surface area contributed by atoms with Crippen molar-refractivity contribution in [1.82, 2.24) is 28.9 Å². The zero-order valence-corrected chi connectivity index (χ0v) is 17.2. The van der Waals surface area contributed by atoms with Crippen LogP contribution in [0.5, 0.6) is 0 Å². The van der Waals surface area contributed by atoms with E-state index in [9.17, 15) is 17.2 Å². The van der Waals surface area contributed by atoms with Crippen molar-refractivity contribution in [2.75, 3.05) is 31.1 Å². The second-order valence-electron chi connectivity index (χ2n) is 8.07. The molecular formula is C18H20F2N8O2S. The van der Waals surface area contributed by atoms with Crippen LogP contribution in [-0.4, -0.2) is 63.5 Å². The van der Waals surface area contributed by atoms with Crippen LogP contribution in [0.1, 0.15) is 25.0 Å². The Morgan fingerprint density at radius 2 is 1.94 bits per heavy atom. The smallest absolute Gasteiger partial charge is 0.282 e. The van der Waals surface area contributed by atoms with Gasteiger partial charge < -0.3 is 4.90 Å². The molecule has 2 aliphatic rings. The van der Waals surface area contributed by atoms with Gasteiger partial charge >= 0.3 is 0 Å². The van der Waals surface area contributed by atoms with E-state index in [-0.39, 0.29) is 11.1 Å². The van der Waals surface area contributed by atoms with E-state index in [0.717, 1.165) is 12.8 Å². The molecule has 0 amide bonds. The molecule has 0 bridgehead atoms. The molecule has 0 radical (unpaired) electrons. The van der Waals surface area contributed by atoms with E-state index in [0.29, 0.717) is 49.0 Å². The Labute approximate surface area is 176 Å². The molecule has 2 N–H and O–H groups in total. The first-order valence-electron chi connectivity index (χ1n) is 9.72. The minimum absolute atomic E-state index is 0.146. The van der Waals surface area contributed by atoms with Crippen LogP contribution in [-0.2, 0) is 10.2 Å². The van der Waals surface area contributed by atoms with Crippen LogP contribution in [0.4, 0.5) is 14.6 Å². The second kappa shape index (κ2) is 7.14. The van der Waals surface area contributed by atoms with Gasteiger partial charge in [0.05, 0.1) is 11.9 Å². The number of piperidine rings is 1. The number of imidazole rings is 1. The Kier molecular flexibility index (Phi) is 4.64. The largest absolute Gasteiger partial charge is 0.355 e. The van der Waals surface area contributed by atoms with Gasteiger partial charge in [-0.15, -0.1) is 0 Å². The van der Waals surface area contributed by atoms with Gasteiger partial charge in [-0.1, -0.05) is 0 Å². The molecule has 0 unspecified atom stereocenters. The summed E-state index contributed by atoms with van der Waals surface area (Å²) in [6.45, 7) is 2.14. The summed E-state index contributed by atoms with van der Waals surface area (Å²) in [5.74, 6) is 0.670. The van der Waals surface area contributed by atoms with Crippen molar-refractivity contribution in [3.63, 3.8) is 0 Å². The van der Waals surface area contributed by atoms with Crippen LogP contribution >= 0.6 is 0 Å². The summed E-state index contributed by atoms with van der Waals surface area (Å²) in [4.78, 5) is 14.8. The van der Waals surface area contributed by atoms with Crippen molar-refractivity contribution in [3.8, 4) is 11.4 Å². The molecule has 13 heteroatoms. The number of hydrogen-bond acceptors (Lipinski definition) is 7. The zero-order valence-electron chi connectivity index (χ0n) is 16.4. The Balaban J connectivity index is 1.39. The van der Waals surface area contributed by atoms with E-state index >= 15 is 0 Å². The molecule has 164 valence electrons. The first kappa shape index (κ1) is 20.2. The normalized spacial score (nSPS) is 19.3. The van der Waals surface area contributed by atoms with Crippen LogP contribution in [0.15, 0.2) is 30.7 Å². The highest BCUT2D eigenvalue weighted by Gasteiger charge is 2.47. The van der Waals surface area contributed by atoms with E-state index in [1.807, 2.05) is 4.90 Å². The lowest BCUT2D eigenvalue weighted by atomic mass is 9.74. The Bertz CT molecular complexity index is 1240. The lowest BCUT2D eigenvalue weighted by molar-refractivity contribution is 0.107. The van der Waals surface area contributed by atoms with Crippen LogP contribution < -0.4 is 10.0 Å². The minimum atomic E-state index is -3.70. The van der Waals surface area contributed by atoms with Gasteiger partial charge in [0.2, 0.25) is 0 Å². The highest BCUT2D eigenvalue weighted by Crippen LogP contribution is 2.41. The first-order valence-corrected chi connectivity index (χ1v) is 11.2. The van der Waals surface area contributed by atoms with Gasteiger partial charge in [0.25, 0.3) is 16.6 Å². The number of alkyl halides is 2. The van der Waals surface area contributed by atoms with E-state index in [1.165, 1.54) is 33.5 Å². The quantitative estimate of drug-likeness (QED) is 0.634. The Morgan fingerprint density at radius 1 is 1.13 bits per heavy atom. The summed E-state index contributed by atoms with van der Waals surface area (Å²) in [6, 6.07) is 4.49. The maximum atomic E-state index is 13.1. The third-order valence-corrected chi connectivity index (χ3v) is 6.92. The van der Waals surface area contributed by atoms with Crippen molar-refractivity contribution in [2.45, 2.75) is 19.3 Å². The first-order chi connectivity index (χ1) is 14.7. The fraction of sp³-hybridized carbons (Fsp3) is 0.444. The number of anilines is 1. The molecule has 10 nitrogen and oxygen atoms in total. The number of hydrogen-bond donors (Lipinski definition) is 1. The average Bonchev–Trinajstić information content (AvgIpc) is 3.15. The van der Waals surface area contributed by atoms with Gasteiger partial charge in [0, 0.05) is 37.7 Å². The minimum Gasteiger partial charge on any atom is -0.355 e. The Morgan fingerprint density at radius 3 is 2.68 bits per heavy atom. The average molecular weight is 450 g/mol. The second-order valence-corrected chi connectivity index (χ2v) is 9.62. The predicted molar refractivity (Wildman–Crippen MR) is 108 cm³/mol. The summed E-state index contributed by atoms with van der Waals surface area (Å²) < 4.78 is 52.2. The Hall–Kier alpha value is -2.77. The van der Waals surface area contributed by atoms with Gasteiger partial charge in [0.15, 0.2) is 5.65 Å². The van der Waals surface area contributed by atoms with Crippen LogP contribution in [0.25, 0.3) is 17.0 Å². The molecule has 5 rings (SSSR count). The molecule has 3 aromatic heterocycles. The van der Waals surface area contributed by atoms with Crippen LogP contribution in [0.3, 0.4) is 0 Å². The van der Waals surface area contributed by atoms with Crippen molar-refractivity contribution in [2.24, 2.45) is 10.6 Å². The van der Waals surface area contributed by atoms with E-state index in [2.05, 4.69) is 20.1 Å². The molecule has 3 aromatic rings. The van der Waals surface area contributed by atoms with Gasteiger partial charge in [-0.25, -0.2) is 33.4 Å². The van der Waals surface area contributed by atoms with Crippen molar-refractivity contribution in [3.05, 3.63) is 36.4 Å². The number of halogens is 2. The highest BCUT2D eigenvalue weighted by atomic mass is 32.2. The monoisotopic (exact) mass is 450 g/mol. The molecule has 31 heavy (non-hydrogen) atoms. The summed E-state index contributed by atoms with van der Waals surface area (Å²) in [7, 11) is -3.70. The fourth-order valence-corrected chi connectivity index (χ4v) is 5.24. The molecule has 5 heterocycles. The summed E-state index contributed by atoms with van der Waals surface area (Å²) >= 11 is 0. The van der Waals surface area contributed by atoms with Crippen molar-refractivity contribution < 1.29 is 17.2 Å². The van der Waals surface area contributed by atoms with Gasteiger partial charge in [-0.3, -0.25) is 0 Å². The van der Waals surface area contributed by atoms with E-state index < -0.39 is 16.6 Å². The van der Waals surface area contributed by atoms with Crippen LogP contribution in [0.2, 0.25) is 0 Å².